The molecule has 1 aromatic heterocycles. The summed E-state index contributed by atoms with van der Waals surface area (Å²) in [6, 6.07) is 7.02. The summed E-state index contributed by atoms with van der Waals surface area (Å²) >= 11 is 0. The highest BCUT2D eigenvalue weighted by atomic mass is 16.5. The summed E-state index contributed by atoms with van der Waals surface area (Å²) in [5.74, 6) is -0.0363. The molecule has 1 aromatic carbocycles. The molecule has 2 aromatic rings. The second-order valence-electron chi connectivity index (χ2n) is 6.65. The fourth-order valence-corrected chi connectivity index (χ4v) is 3.08. The second kappa shape index (κ2) is 8.68. The van der Waals surface area contributed by atoms with Crippen molar-refractivity contribution in [2.24, 2.45) is 0 Å². The largest absolute Gasteiger partial charge is 0.376 e. The van der Waals surface area contributed by atoms with E-state index < -0.39 is 0 Å². The second-order valence-corrected chi connectivity index (χ2v) is 6.65. The Morgan fingerprint density at radius 3 is 2.63 bits per heavy atom. The number of nitrogens with one attached hydrogen (secondary N) is 2. The Hall–Kier alpha value is -2.87. The summed E-state index contributed by atoms with van der Waals surface area (Å²) in [5.41, 5.74) is 2.69. The lowest BCUT2D eigenvalue weighted by Gasteiger charge is -2.26. The summed E-state index contributed by atoms with van der Waals surface area (Å²) in [6.45, 7) is 4.79. The maximum atomic E-state index is 12.9. The molecular formula is C19H24N4O4. The van der Waals surface area contributed by atoms with Crippen molar-refractivity contribution in [1.29, 1.82) is 0 Å². The van der Waals surface area contributed by atoms with Gasteiger partial charge in [0.1, 0.15) is 12.8 Å². The molecule has 0 aliphatic carbocycles. The molecule has 144 valence electrons. The molecule has 1 aliphatic heterocycles. The molecule has 0 radical (unpaired) electrons. The third-order valence-electron chi connectivity index (χ3n) is 4.49. The molecule has 0 spiro atoms. The van der Waals surface area contributed by atoms with Gasteiger partial charge in [-0.15, -0.1) is 0 Å². The van der Waals surface area contributed by atoms with Gasteiger partial charge in [0, 0.05) is 24.9 Å². The van der Waals surface area contributed by atoms with Crippen LogP contribution in [0.4, 0.5) is 16.3 Å². The van der Waals surface area contributed by atoms with Crippen LogP contribution in [0.25, 0.3) is 0 Å². The summed E-state index contributed by atoms with van der Waals surface area (Å²) in [4.78, 5) is 26.7. The Kier molecular flexibility index (Phi) is 6.08. The number of benzene rings is 1. The van der Waals surface area contributed by atoms with E-state index >= 15 is 0 Å². The van der Waals surface area contributed by atoms with Gasteiger partial charge in [-0.1, -0.05) is 23.4 Å². The first-order chi connectivity index (χ1) is 13.0. The lowest BCUT2D eigenvalue weighted by molar-refractivity contribution is -0.117. The minimum Gasteiger partial charge on any atom is -0.376 e. The monoisotopic (exact) mass is 372 g/mol. The van der Waals surface area contributed by atoms with Gasteiger partial charge in [0.05, 0.1) is 6.10 Å². The minimum atomic E-state index is -0.349. The van der Waals surface area contributed by atoms with Gasteiger partial charge in [-0.2, -0.15) is 0 Å². The van der Waals surface area contributed by atoms with E-state index in [1.165, 1.54) is 11.2 Å². The van der Waals surface area contributed by atoms with Crippen molar-refractivity contribution in [3.63, 3.8) is 0 Å². The van der Waals surface area contributed by atoms with Gasteiger partial charge >= 0.3 is 6.03 Å². The highest BCUT2D eigenvalue weighted by Gasteiger charge is 2.25. The number of hydrogen-bond acceptors (Lipinski definition) is 5. The molecule has 0 bridgehead atoms. The molecule has 1 unspecified atom stereocenters. The lowest BCUT2D eigenvalue weighted by Crippen LogP contribution is -2.44. The third-order valence-corrected chi connectivity index (χ3v) is 4.49. The van der Waals surface area contributed by atoms with Crippen LogP contribution in [0.5, 0.6) is 0 Å². The van der Waals surface area contributed by atoms with Gasteiger partial charge in [-0.05, 0) is 37.8 Å². The van der Waals surface area contributed by atoms with E-state index in [1.807, 2.05) is 32.0 Å². The van der Waals surface area contributed by atoms with E-state index in [2.05, 4.69) is 15.8 Å². The molecule has 8 heteroatoms. The van der Waals surface area contributed by atoms with Crippen molar-refractivity contribution in [3.8, 4) is 0 Å². The predicted octanol–water partition coefficient (Wildman–Crippen LogP) is 2.94. The third kappa shape index (κ3) is 5.07. The molecule has 27 heavy (non-hydrogen) atoms. The van der Waals surface area contributed by atoms with Crippen molar-refractivity contribution < 1.29 is 18.8 Å². The van der Waals surface area contributed by atoms with Gasteiger partial charge in [-0.3, -0.25) is 4.79 Å². The van der Waals surface area contributed by atoms with E-state index in [4.69, 9.17) is 9.26 Å². The van der Waals surface area contributed by atoms with Gasteiger partial charge in [0.25, 0.3) is 0 Å². The zero-order chi connectivity index (χ0) is 19.2. The first-order valence-corrected chi connectivity index (χ1v) is 8.97. The maximum absolute atomic E-state index is 12.9. The van der Waals surface area contributed by atoms with Crippen LogP contribution in [0, 0.1) is 13.8 Å². The van der Waals surface area contributed by atoms with Gasteiger partial charge in [0.15, 0.2) is 5.82 Å². The molecular weight excluding hydrogens is 348 g/mol. The van der Waals surface area contributed by atoms with E-state index in [0.29, 0.717) is 19.0 Å². The number of carbonyl (C=O) groups excluding carboxylic acids is 2. The van der Waals surface area contributed by atoms with Crippen molar-refractivity contribution in [2.75, 3.05) is 30.3 Å². The molecule has 1 saturated heterocycles. The van der Waals surface area contributed by atoms with Crippen molar-refractivity contribution in [3.05, 3.63) is 41.7 Å². The average Bonchev–Trinajstić information content (AvgIpc) is 3.31. The number of hydrogen-bond donors (Lipinski definition) is 2. The number of anilines is 2. The summed E-state index contributed by atoms with van der Waals surface area (Å²) in [6.07, 6.45) is 3.14. The molecule has 2 N–H and O–H groups in total. The Bertz CT molecular complexity index is 765. The quantitative estimate of drug-likeness (QED) is 0.813. The van der Waals surface area contributed by atoms with Crippen LogP contribution in [0.3, 0.4) is 0 Å². The van der Waals surface area contributed by atoms with E-state index in [-0.39, 0.29) is 24.6 Å². The fraction of sp³-hybridized carbons (Fsp3) is 0.421. The number of para-hydroxylation sites is 1. The first-order valence-electron chi connectivity index (χ1n) is 8.97. The zero-order valence-electron chi connectivity index (χ0n) is 15.5. The van der Waals surface area contributed by atoms with Crippen LogP contribution in [0.1, 0.15) is 24.0 Å². The van der Waals surface area contributed by atoms with E-state index in [9.17, 15) is 9.59 Å². The highest BCUT2D eigenvalue weighted by Crippen LogP contribution is 2.21. The van der Waals surface area contributed by atoms with Crippen LogP contribution in [0.2, 0.25) is 0 Å². The van der Waals surface area contributed by atoms with E-state index in [0.717, 1.165) is 29.7 Å². The van der Waals surface area contributed by atoms with Gasteiger partial charge < -0.3 is 24.8 Å². The molecule has 0 saturated carbocycles. The van der Waals surface area contributed by atoms with Gasteiger partial charge in [-0.25, -0.2) is 4.79 Å². The number of urea groups is 1. The Labute approximate surface area is 157 Å². The van der Waals surface area contributed by atoms with E-state index in [1.54, 1.807) is 6.07 Å². The molecule has 1 atom stereocenters. The molecule has 8 nitrogen and oxygen atoms in total. The standard InChI is InChI=1S/C19H24N4O4/c1-13-5-3-6-14(2)18(13)21-19(25)23(11-15-7-4-9-26-15)12-17(24)20-16-8-10-27-22-16/h3,5-6,8,10,15H,4,7,9,11-12H2,1-2H3,(H,21,25)(H,20,22,24). The Morgan fingerprint density at radius 2 is 2.00 bits per heavy atom. The maximum Gasteiger partial charge on any atom is 0.322 e. The molecule has 1 aliphatic rings. The number of aromatic nitrogens is 1. The Balaban J connectivity index is 1.69. The van der Waals surface area contributed by atoms with Crippen LogP contribution in [-0.2, 0) is 9.53 Å². The number of ether oxygens (including phenoxy) is 1. The fourth-order valence-electron chi connectivity index (χ4n) is 3.08. The predicted molar refractivity (Wildman–Crippen MR) is 101 cm³/mol. The SMILES string of the molecule is Cc1cccc(C)c1NC(=O)N(CC(=O)Nc1ccon1)CC1CCCO1. The van der Waals surface area contributed by atoms with Crippen LogP contribution < -0.4 is 10.6 Å². The molecule has 2 heterocycles. The summed E-state index contributed by atoms with van der Waals surface area (Å²) in [5, 5.41) is 9.20. The number of carbonyl (C=O) groups is 2. The minimum absolute atomic E-state index is 0.0615. The van der Waals surface area contributed by atoms with Crippen molar-refractivity contribution in [1.82, 2.24) is 10.1 Å². The summed E-state index contributed by atoms with van der Waals surface area (Å²) in [7, 11) is 0. The van der Waals surface area contributed by atoms with Crippen LogP contribution in [-0.4, -0.2) is 47.8 Å². The number of aryl methyl sites for hydroxylation is 2. The number of rotatable bonds is 6. The normalized spacial score (nSPS) is 16.1. The molecule has 3 amide bonds. The van der Waals surface area contributed by atoms with Crippen molar-refractivity contribution >= 4 is 23.4 Å². The first kappa shape index (κ1) is 18.9. The number of nitrogens with zero attached hydrogens (tertiary/aromatic N) is 2. The number of amides is 3. The Morgan fingerprint density at radius 1 is 1.22 bits per heavy atom. The van der Waals surface area contributed by atoms with Gasteiger partial charge in [0.2, 0.25) is 5.91 Å². The molecule has 1 fully saturated rings. The van der Waals surface area contributed by atoms with Crippen molar-refractivity contribution in [2.45, 2.75) is 32.8 Å². The summed E-state index contributed by atoms with van der Waals surface area (Å²) < 4.78 is 10.3. The highest BCUT2D eigenvalue weighted by molar-refractivity contribution is 5.97. The van der Waals surface area contributed by atoms with Crippen LogP contribution in [0.15, 0.2) is 35.1 Å². The molecule has 3 rings (SSSR count). The topological polar surface area (TPSA) is 96.7 Å². The zero-order valence-corrected chi connectivity index (χ0v) is 15.5. The van der Waals surface area contributed by atoms with Crippen LogP contribution >= 0.6 is 0 Å². The average molecular weight is 372 g/mol. The smallest absolute Gasteiger partial charge is 0.322 e. The lowest BCUT2D eigenvalue weighted by atomic mass is 10.1.